The number of aliphatic hydroxyl groups excluding tert-OH is 1. The second-order valence-corrected chi connectivity index (χ2v) is 4.88. The van der Waals surface area contributed by atoms with Gasteiger partial charge in [0.1, 0.15) is 0 Å². The minimum Gasteiger partial charge on any atom is -0.399 e. The highest BCUT2D eigenvalue weighted by Gasteiger charge is 2.11. The highest BCUT2D eigenvalue weighted by molar-refractivity contribution is 5.63. The molecular formula is C14H19N3O. The average molecular weight is 245 g/mol. The fourth-order valence-electron chi connectivity index (χ4n) is 1.69. The van der Waals surface area contributed by atoms with Crippen LogP contribution in [0.25, 0.3) is 11.1 Å². The molecule has 0 aliphatic heterocycles. The van der Waals surface area contributed by atoms with Crippen molar-refractivity contribution in [2.24, 2.45) is 5.92 Å². The lowest BCUT2D eigenvalue weighted by Gasteiger charge is -2.13. The van der Waals surface area contributed by atoms with Crippen LogP contribution in [-0.2, 0) is 6.54 Å². The zero-order valence-corrected chi connectivity index (χ0v) is 10.7. The Kier molecular flexibility index (Phi) is 3.67. The number of rotatable bonds is 4. The summed E-state index contributed by atoms with van der Waals surface area (Å²) in [5.41, 5.74) is 8.52. The Hall–Kier alpha value is -1.81. The SMILES string of the molecule is CC(C)C(O)Cn1cc(-c2ccc(N)cc2)cn1. The predicted molar refractivity (Wildman–Crippen MR) is 72.9 cm³/mol. The lowest BCUT2D eigenvalue weighted by molar-refractivity contribution is 0.103. The van der Waals surface area contributed by atoms with Crippen LogP contribution in [0.4, 0.5) is 5.69 Å². The van der Waals surface area contributed by atoms with Gasteiger partial charge in [0, 0.05) is 17.4 Å². The predicted octanol–water partition coefficient (Wildman–Crippen LogP) is 2.15. The smallest absolute Gasteiger partial charge is 0.0758 e. The summed E-state index contributed by atoms with van der Waals surface area (Å²) >= 11 is 0. The van der Waals surface area contributed by atoms with Crippen LogP contribution in [0.1, 0.15) is 13.8 Å². The Morgan fingerprint density at radius 3 is 2.50 bits per heavy atom. The number of anilines is 1. The molecule has 0 aliphatic carbocycles. The molecule has 1 unspecified atom stereocenters. The van der Waals surface area contributed by atoms with E-state index in [0.717, 1.165) is 16.8 Å². The van der Waals surface area contributed by atoms with Gasteiger partial charge in [-0.05, 0) is 23.6 Å². The zero-order chi connectivity index (χ0) is 13.1. The summed E-state index contributed by atoms with van der Waals surface area (Å²) < 4.78 is 1.77. The van der Waals surface area contributed by atoms with Gasteiger partial charge in [-0.1, -0.05) is 26.0 Å². The highest BCUT2D eigenvalue weighted by Crippen LogP contribution is 2.20. The Bertz CT molecular complexity index is 502. The standard InChI is InChI=1S/C14H19N3O/c1-10(2)14(18)9-17-8-12(7-16-17)11-3-5-13(15)6-4-11/h3-8,10,14,18H,9,15H2,1-2H3. The van der Waals surface area contributed by atoms with E-state index in [1.807, 2.05) is 44.3 Å². The summed E-state index contributed by atoms with van der Waals surface area (Å²) in [4.78, 5) is 0. The minimum atomic E-state index is -0.371. The Labute approximate surface area is 107 Å². The lowest BCUT2D eigenvalue weighted by Crippen LogP contribution is -2.21. The van der Waals surface area contributed by atoms with Crippen LogP contribution in [0.15, 0.2) is 36.7 Å². The van der Waals surface area contributed by atoms with Crippen molar-refractivity contribution < 1.29 is 5.11 Å². The Balaban J connectivity index is 2.13. The van der Waals surface area contributed by atoms with Crippen LogP contribution in [0.5, 0.6) is 0 Å². The quantitative estimate of drug-likeness (QED) is 0.811. The molecule has 1 atom stereocenters. The molecule has 0 saturated carbocycles. The monoisotopic (exact) mass is 245 g/mol. The summed E-state index contributed by atoms with van der Waals surface area (Å²) in [5.74, 6) is 0.231. The number of nitrogen functional groups attached to an aromatic ring is 1. The third-order valence-corrected chi connectivity index (χ3v) is 3.02. The maximum atomic E-state index is 9.82. The molecule has 1 aromatic carbocycles. The van der Waals surface area contributed by atoms with Crippen molar-refractivity contribution in [2.45, 2.75) is 26.5 Å². The van der Waals surface area contributed by atoms with Crippen LogP contribution in [0.2, 0.25) is 0 Å². The molecule has 0 radical (unpaired) electrons. The number of hydrogen-bond donors (Lipinski definition) is 2. The van der Waals surface area contributed by atoms with E-state index in [1.54, 1.807) is 10.9 Å². The maximum Gasteiger partial charge on any atom is 0.0758 e. The van der Waals surface area contributed by atoms with Crippen LogP contribution in [0.3, 0.4) is 0 Å². The first-order valence-corrected chi connectivity index (χ1v) is 6.12. The Morgan fingerprint density at radius 2 is 1.89 bits per heavy atom. The third-order valence-electron chi connectivity index (χ3n) is 3.02. The van der Waals surface area contributed by atoms with Crippen molar-refractivity contribution in [3.8, 4) is 11.1 Å². The summed E-state index contributed by atoms with van der Waals surface area (Å²) in [6.45, 7) is 4.51. The molecule has 0 amide bonds. The number of nitrogens with two attached hydrogens (primary N) is 1. The number of nitrogens with zero attached hydrogens (tertiary/aromatic N) is 2. The molecule has 3 N–H and O–H groups in total. The maximum absolute atomic E-state index is 9.82. The summed E-state index contributed by atoms with van der Waals surface area (Å²) in [5, 5.41) is 14.1. The second-order valence-electron chi connectivity index (χ2n) is 4.88. The van der Waals surface area contributed by atoms with Gasteiger partial charge in [0.15, 0.2) is 0 Å². The van der Waals surface area contributed by atoms with E-state index >= 15 is 0 Å². The van der Waals surface area contributed by atoms with Gasteiger partial charge in [0.25, 0.3) is 0 Å². The molecule has 4 heteroatoms. The van der Waals surface area contributed by atoms with Crippen molar-refractivity contribution in [3.63, 3.8) is 0 Å². The van der Waals surface area contributed by atoms with Gasteiger partial charge in [-0.3, -0.25) is 4.68 Å². The molecule has 1 heterocycles. The van der Waals surface area contributed by atoms with Gasteiger partial charge in [0.2, 0.25) is 0 Å². The van der Waals surface area contributed by atoms with Crippen molar-refractivity contribution >= 4 is 5.69 Å². The normalized spacial score (nSPS) is 12.9. The molecular weight excluding hydrogens is 226 g/mol. The number of hydrogen-bond acceptors (Lipinski definition) is 3. The third kappa shape index (κ3) is 2.90. The molecule has 96 valence electrons. The number of aliphatic hydroxyl groups is 1. The summed E-state index contributed by atoms with van der Waals surface area (Å²) in [7, 11) is 0. The lowest BCUT2D eigenvalue weighted by atomic mass is 10.1. The van der Waals surface area contributed by atoms with E-state index < -0.39 is 0 Å². The van der Waals surface area contributed by atoms with E-state index in [1.165, 1.54) is 0 Å². The first kappa shape index (κ1) is 12.6. The fraction of sp³-hybridized carbons (Fsp3) is 0.357. The van der Waals surface area contributed by atoms with Crippen LogP contribution >= 0.6 is 0 Å². The van der Waals surface area contributed by atoms with E-state index in [0.29, 0.717) is 6.54 Å². The molecule has 0 saturated heterocycles. The second kappa shape index (κ2) is 5.23. The van der Waals surface area contributed by atoms with Crippen molar-refractivity contribution in [1.29, 1.82) is 0 Å². The summed E-state index contributed by atoms with van der Waals surface area (Å²) in [6, 6.07) is 7.68. The molecule has 2 aromatic rings. The molecule has 1 aromatic heterocycles. The van der Waals surface area contributed by atoms with Crippen molar-refractivity contribution in [3.05, 3.63) is 36.7 Å². The van der Waals surface area contributed by atoms with Crippen molar-refractivity contribution in [1.82, 2.24) is 9.78 Å². The topological polar surface area (TPSA) is 64.1 Å². The molecule has 0 bridgehead atoms. The van der Waals surface area contributed by atoms with Crippen LogP contribution < -0.4 is 5.73 Å². The van der Waals surface area contributed by atoms with Crippen LogP contribution in [0, 0.1) is 5.92 Å². The number of benzene rings is 1. The van der Waals surface area contributed by atoms with Gasteiger partial charge in [-0.15, -0.1) is 0 Å². The van der Waals surface area contributed by atoms with Gasteiger partial charge < -0.3 is 10.8 Å². The molecule has 2 rings (SSSR count). The fourth-order valence-corrected chi connectivity index (χ4v) is 1.69. The minimum absolute atomic E-state index is 0.231. The molecule has 0 fully saturated rings. The summed E-state index contributed by atoms with van der Waals surface area (Å²) in [6.07, 6.45) is 3.37. The first-order chi connectivity index (χ1) is 8.56. The van der Waals surface area contributed by atoms with Gasteiger partial charge in [-0.2, -0.15) is 5.10 Å². The van der Waals surface area contributed by atoms with Crippen molar-refractivity contribution in [2.75, 3.05) is 5.73 Å². The highest BCUT2D eigenvalue weighted by atomic mass is 16.3. The van der Waals surface area contributed by atoms with Gasteiger partial charge in [-0.25, -0.2) is 0 Å². The van der Waals surface area contributed by atoms with Gasteiger partial charge in [0.05, 0.1) is 18.8 Å². The molecule has 18 heavy (non-hydrogen) atoms. The number of aromatic nitrogens is 2. The van der Waals surface area contributed by atoms with E-state index in [-0.39, 0.29) is 12.0 Å². The van der Waals surface area contributed by atoms with Crippen LogP contribution in [-0.4, -0.2) is 21.0 Å². The molecule has 4 nitrogen and oxygen atoms in total. The first-order valence-electron chi connectivity index (χ1n) is 6.12. The largest absolute Gasteiger partial charge is 0.399 e. The Morgan fingerprint density at radius 1 is 1.22 bits per heavy atom. The molecule has 0 spiro atoms. The van der Waals surface area contributed by atoms with E-state index in [4.69, 9.17) is 5.73 Å². The zero-order valence-electron chi connectivity index (χ0n) is 10.7. The molecule has 0 aliphatic rings. The van der Waals surface area contributed by atoms with Gasteiger partial charge >= 0.3 is 0 Å². The van der Waals surface area contributed by atoms with E-state index in [2.05, 4.69) is 5.10 Å². The van der Waals surface area contributed by atoms with E-state index in [9.17, 15) is 5.11 Å². The average Bonchev–Trinajstić information content (AvgIpc) is 2.78.